The van der Waals surface area contributed by atoms with E-state index in [1.165, 1.54) is 38.1 Å². The molecule has 29 heteroatoms. The van der Waals surface area contributed by atoms with Crippen molar-refractivity contribution in [3.8, 4) is 0 Å². The molecule has 1 aromatic rings. The van der Waals surface area contributed by atoms with Crippen molar-refractivity contribution in [1.29, 1.82) is 0 Å². The summed E-state index contributed by atoms with van der Waals surface area (Å²) in [5.74, 6) is -13.9. The number of nitrogens with zero attached hydrogens (tertiary/aromatic N) is 1. The summed E-state index contributed by atoms with van der Waals surface area (Å²) >= 11 is 1.34. The van der Waals surface area contributed by atoms with Crippen molar-refractivity contribution >= 4 is 83.0 Å². The number of rotatable bonds is 31. The zero-order valence-corrected chi connectivity index (χ0v) is 39.6. The summed E-state index contributed by atoms with van der Waals surface area (Å²) in [5, 5.41) is 71.1. The van der Waals surface area contributed by atoms with Gasteiger partial charge in [-0.2, -0.15) is 11.8 Å². The average molecular weight is 1010 g/mol. The first-order valence-electron chi connectivity index (χ1n) is 21.2. The first-order valence-corrected chi connectivity index (χ1v) is 22.6. The van der Waals surface area contributed by atoms with Crippen LogP contribution >= 0.6 is 11.8 Å². The summed E-state index contributed by atoms with van der Waals surface area (Å²) in [7, 11) is 0. The third-order valence-electron chi connectivity index (χ3n) is 9.50. The molecule has 0 spiro atoms. The lowest BCUT2D eigenvalue weighted by Crippen LogP contribution is -2.61. The molecule has 0 aliphatic carbocycles. The van der Waals surface area contributed by atoms with E-state index in [1.54, 1.807) is 20.1 Å². The van der Waals surface area contributed by atoms with Gasteiger partial charge in [0.2, 0.25) is 41.4 Å². The molecule has 69 heavy (non-hydrogen) atoms. The number of nitrogens with one attached hydrogen (secondary N) is 8. The maximum Gasteiger partial charge on any atom is 0.326 e. The lowest BCUT2D eigenvalue weighted by molar-refractivity contribution is -0.142. The molecule has 1 rings (SSSR count). The first kappa shape index (κ1) is 62.1. The van der Waals surface area contributed by atoms with Gasteiger partial charge in [0, 0.05) is 44.5 Å². The van der Waals surface area contributed by atoms with Crippen LogP contribution in [0.2, 0.25) is 0 Å². The van der Waals surface area contributed by atoms with Crippen molar-refractivity contribution in [2.24, 2.45) is 11.7 Å². The fourth-order valence-corrected chi connectivity index (χ4v) is 6.16. The van der Waals surface area contributed by atoms with Crippen LogP contribution in [0.1, 0.15) is 85.3 Å². The number of H-pyrrole nitrogens is 1. The van der Waals surface area contributed by atoms with E-state index in [9.17, 15) is 78.3 Å². The number of aromatic amines is 1. The molecule has 9 unspecified atom stereocenters. The van der Waals surface area contributed by atoms with Crippen LogP contribution in [0.25, 0.3) is 0 Å². The zero-order valence-electron chi connectivity index (χ0n) is 38.8. The van der Waals surface area contributed by atoms with Gasteiger partial charge in [-0.15, -0.1) is 0 Å². The number of hydrogen-bond donors (Lipinski definition) is 15. The average Bonchev–Trinajstić information content (AvgIpc) is 3.77. The third kappa shape index (κ3) is 25.7. The normalized spacial score (nSPS) is 14.7. The summed E-state index contributed by atoms with van der Waals surface area (Å²) in [6.45, 7) is 6.60. The van der Waals surface area contributed by atoms with Gasteiger partial charge in [0.25, 0.3) is 5.97 Å². The van der Waals surface area contributed by atoms with Crippen molar-refractivity contribution < 1.29 is 88.2 Å². The Labute approximate surface area is 399 Å². The van der Waals surface area contributed by atoms with Crippen molar-refractivity contribution in [2.75, 3.05) is 12.0 Å². The van der Waals surface area contributed by atoms with E-state index in [-0.39, 0.29) is 18.5 Å². The van der Waals surface area contributed by atoms with Crippen molar-refractivity contribution in [3.05, 3.63) is 18.2 Å². The molecule has 388 valence electrons. The Hall–Kier alpha value is -6.88. The second-order valence-corrected chi connectivity index (χ2v) is 16.7. The minimum absolute atomic E-state index is 0.0623. The number of carbonyl (C=O) groups is 12. The number of thioether (sulfide) groups is 1. The molecule has 0 saturated carbocycles. The number of imidazole rings is 1. The van der Waals surface area contributed by atoms with Gasteiger partial charge >= 0.3 is 23.9 Å². The molecular formula is C40H64N10O18S. The van der Waals surface area contributed by atoms with Gasteiger partial charge < -0.3 is 78.6 Å². The van der Waals surface area contributed by atoms with Gasteiger partial charge in [-0.25, -0.2) is 9.78 Å². The third-order valence-corrected chi connectivity index (χ3v) is 10.1. The highest BCUT2D eigenvalue weighted by atomic mass is 32.2. The van der Waals surface area contributed by atoms with Crippen LogP contribution in [0.5, 0.6) is 0 Å². The Morgan fingerprint density at radius 2 is 1.00 bits per heavy atom. The molecule has 0 aliphatic heterocycles. The van der Waals surface area contributed by atoms with Gasteiger partial charge in [-0.3, -0.25) is 52.7 Å². The molecule has 1 heterocycles. The maximum absolute atomic E-state index is 14.0. The molecular weight excluding hydrogens is 941 g/mol. The topological polar surface area (TPSA) is 465 Å². The van der Waals surface area contributed by atoms with E-state index in [2.05, 4.69) is 47.2 Å². The summed E-state index contributed by atoms with van der Waals surface area (Å²) in [6.07, 6.45) is -1.17. The van der Waals surface area contributed by atoms with Crippen molar-refractivity contribution in [2.45, 2.75) is 140 Å². The number of hydrogen-bond acceptors (Lipinski definition) is 16. The van der Waals surface area contributed by atoms with Crippen LogP contribution in [0.4, 0.5) is 0 Å². The predicted molar refractivity (Wildman–Crippen MR) is 241 cm³/mol. The molecule has 16 N–H and O–H groups in total. The zero-order chi connectivity index (χ0) is 53.1. The standard InChI is InChI=1S/C38H60N10O16S.C2H4O2/c1-17(2)30(37(62)46-24(38(63)64)12-13-65-5)48-34(59)23(8-11-28(54)55)45-35(60)25(14-20-15-40-16-41-20)47-33(58)22(7-10-27(52)53)44-32(57)21(6-9-26(50)51)43-31(56)18(3)42-36(61)29(39)19(4)49;1-2(3)4/h15-19,21-25,29-30,49H,6-14,39H2,1-5H3,(H,40,41)(H,42,61)(H,43,56)(H,44,57)(H,45,60)(H,46,62)(H,47,58)(H,48,59)(H,50,51)(H,52,53)(H,54,55)(H,63,64);1H3,(H,3,4). The van der Waals surface area contributed by atoms with Crippen LogP contribution in [0.15, 0.2) is 12.5 Å². The summed E-state index contributed by atoms with van der Waals surface area (Å²) in [4.78, 5) is 156. The predicted octanol–water partition coefficient (Wildman–Crippen LogP) is -3.75. The number of aliphatic hydroxyl groups excluding tert-OH is 1. The second-order valence-electron chi connectivity index (χ2n) is 15.7. The molecule has 0 bridgehead atoms. The van der Waals surface area contributed by atoms with Gasteiger partial charge in [0.05, 0.1) is 12.4 Å². The monoisotopic (exact) mass is 1000 g/mol. The molecule has 1 aromatic heterocycles. The Kier molecular flexibility index (Phi) is 28.8. The molecule has 0 fully saturated rings. The SMILES string of the molecule is CC(=O)O.CSCCC(NC(=O)C(NC(=O)C(CCC(=O)O)NC(=O)C(Cc1cnc[nH]1)NC(=O)C(CCC(=O)O)NC(=O)C(CCC(=O)O)NC(=O)C(C)NC(=O)C(N)C(C)O)C(C)C)C(=O)O. The molecule has 0 saturated heterocycles. The summed E-state index contributed by atoms with van der Waals surface area (Å²) < 4.78 is 0. The quantitative estimate of drug-likeness (QED) is 0.0340. The Balaban J connectivity index is 0.0000111. The smallest absolute Gasteiger partial charge is 0.326 e. The first-order chi connectivity index (χ1) is 32.1. The Bertz CT molecular complexity index is 1930. The maximum atomic E-state index is 14.0. The number of aliphatic hydroxyl groups is 1. The molecule has 9 atom stereocenters. The van der Waals surface area contributed by atoms with Crippen LogP contribution in [0, 0.1) is 5.92 Å². The largest absolute Gasteiger partial charge is 0.481 e. The lowest BCUT2D eigenvalue weighted by atomic mass is 10.0. The van der Waals surface area contributed by atoms with E-state index in [4.69, 9.17) is 15.6 Å². The fourth-order valence-electron chi connectivity index (χ4n) is 5.69. The highest BCUT2D eigenvalue weighted by Crippen LogP contribution is 2.10. The van der Waals surface area contributed by atoms with Gasteiger partial charge in [-0.1, -0.05) is 13.8 Å². The van der Waals surface area contributed by atoms with Crippen molar-refractivity contribution in [3.63, 3.8) is 0 Å². The molecule has 7 amide bonds. The van der Waals surface area contributed by atoms with Crippen molar-refractivity contribution in [1.82, 2.24) is 47.2 Å². The van der Waals surface area contributed by atoms with E-state index in [1.807, 2.05) is 0 Å². The molecule has 0 aliphatic rings. The van der Waals surface area contributed by atoms with E-state index >= 15 is 0 Å². The minimum Gasteiger partial charge on any atom is -0.481 e. The highest BCUT2D eigenvalue weighted by Gasteiger charge is 2.35. The number of aliphatic carboxylic acids is 5. The van der Waals surface area contributed by atoms with Crippen LogP contribution in [-0.4, -0.2) is 178 Å². The van der Waals surface area contributed by atoms with Crippen LogP contribution in [0.3, 0.4) is 0 Å². The highest BCUT2D eigenvalue weighted by molar-refractivity contribution is 7.98. The van der Waals surface area contributed by atoms with E-state index in [0.717, 1.165) is 6.92 Å². The van der Waals surface area contributed by atoms with Gasteiger partial charge in [0.15, 0.2) is 0 Å². The fraction of sp³-hybridized carbons (Fsp3) is 0.625. The Morgan fingerprint density at radius 3 is 1.38 bits per heavy atom. The van der Waals surface area contributed by atoms with Crippen LogP contribution in [-0.2, 0) is 64.0 Å². The van der Waals surface area contributed by atoms with E-state index in [0.29, 0.717) is 5.75 Å². The number of amides is 7. The lowest BCUT2D eigenvalue weighted by Gasteiger charge is -2.28. The second kappa shape index (κ2) is 32.0. The van der Waals surface area contributed by atoms with Gasteiger partial charge in [-0.05, 0) is 57.5 Å². The Morgan fingerprint density at radius 1 is 0.594 bits per heavy atom. The van der Waals surface area contributed by atoms with Crippen LogP contribution < -0.4 is 43.0 Å². The molecule has 28 nitrogen and oxygen atoms in total. The number of carboxylic acid groups (broad SMARTS) is 5. The number of carboxylic acids is 5. The van der Waals surface area contributed by atoms with E-state index < -0.39 is 170 Å². The number of carbonyl (C=O) groups excluding carboxylic acids is 7. The molecule has 0 radical (unpaired) electrons. The summed E-state index contributed by atoms with van der Waals surface area (Å²) in [5.41, 5.74) is 5.83. The number of aromatic nitrogens is 2. The minimum atomic E-state index is -1.77. The number of nitrogens with two attached hydrogens (primary N) is 1. The summed E-state index contributed by atoms with van der Waals surface area (Å²) in [6, 6.07) is -12.3. The molecule has 0 aromatic carbocycles. The van der Waals surface area contributed by atoms with Gasteiger partial charge in [0.1, 0.15) is 48.3 Å².